The van der Waals surface area contributed by atoms with Crippen LogP contribution in [0.2, 0.25) is 0 Å². The third-order valence-corrected chi connectivity index (χ3v) is 7.84. The Kier molecular flexibility index (Phi) is 7.98. The fraction of sp³-hybridized carbons (Fsp3) is 0.344. The van der Waals surface area contributed by atoms with Crippen LogP contribution in [0.4, 0.5) is 0 Å². The van der Waals surface area contributed by atoms with Gasteiger partial charge in [0.2, 0.25) is 0 Å². The van der Waals surface area contributed by atoms with Crippen LogP contribution < -0.4 is 10.1 Å². The number of imide groups is 1. The van der Waals surface area contributed by atoms with E-state index in [1.807, 2.05) is 68.1 Å². The highest BCUT2D eigenvalue weighted by Crippen LogP contribution is 2.36. The molecule has 2 amide bonds. The third-order valence-electron chi connectivity index (χ3n) is 7.84. The zero-order valence-corrected chi connectivity index (χ0v) is 23.3. The number of benzene rings is 2. The number of carbonyl (C=O) groups excluding carboxylic acids is 2. The maximum absolute atomic E-state index is 13.2. The summed E-state index contributed by atoms with van der Waals surface area (Å²) in [6.07, 6.45) is 7.55. The molecule has 0 spiro atoms. The molecule has 0 aliphatic carbocycles. The van der Waals surface area contributed by atoms with Crippen LogP contribution in [0.1, 0.15) is 29.7 Å². The van der Waals surface area contributed by atoms with Crippen molar-refractivity contribution in [1.29, 1.82) is 0 Å². The van der Waals surface area contributed by atoms with Gasteiger partial charge in [0.1, 0.15) is 5.75 Å². The van der Waals surface area contributed by atoms with Gasteiger partial charge in [0.15, 0.2) is 0 Å². The fourth-order valence-electron chi connectivity index (χ4n) is 5.67. The van der Waals surface area contributed by atoms with Crippen LogP contribution in [0.25, 0.3) is 22.0 Å². The van der Waals surface area contributed by atoms with E-state index in [4.69, 9.17) is 9.47 Å². The van der Waals surface area contributed by atoms with Crippen molar-refractivity contribution in [2.75, 3.05) is 39.5 Å². The number of para-hydroxylation sites is 1. The second-order valence-electron chi connectivity index (χ2n) is 10.5. The van der Waals surface area contributed by atoms with Crippen molar-refractivity contribution in [1.82, 2.24) is 24.3 Å². The molecule has 4 heterocycles. The van der Waals surface area contributed by atoms with Gasteiger partial charge in [-0.1, -0.05) is 30.3 Å². The smallest absolute Gasteiger partial charge is 0.259 e. The molecule has 0 atom stereocenters. The number of amides is 2. The van der Waals surface area contributed by atoms with Gasteiger partial charge in [-0.2, -0.15) is 0 Å². The average molecular weight is 554 g/mol. The van der Waals surface area contributed by atoms with Gasteiger partial charge in [0, 0.05) is 67.3 Å². The summed E-state index contributed by atoms with van der Waals surface area (Å²) in [4.78, 5) is 32.8. The maximum Gasteiger partial charge on any atom is 0.259 e. The van der Waals surface area contributed by atoms with Crippen LogP contribution in [0, 0.1) is 6.92 Å². The van der Waals surface area contributed by atoms with Crippen LogP contribution in [0.15, 0.2) is 67.3 Å². The first kappa shape index (κ1) is 27.0. The van der Waals surface area contributed by atoms with Crippen molar-refractivity contribution < 1.29 is 19.1 Å². The number of fused-ring (bicyclic) bond motifs is 1. The lowest BCUT2D eigenvalue weighted by molar-refractivity contribution is -0.122. The molecule has 0 saturated carbocycles. The summed E-state index contributed by atoms with van der Waals surface area (Å²) in [7, 11) is 0. The van der Waals surface area contributed by atoms with E-state index in [0.717, 1.165) is 86.7 Å². The van der Waals surface area contributed by atoms with Gasteiger partial charge in [-0.05, 0) is 43.5 Å². The minimum atomic E-state index is -0.378. The minimum absolute atomic E-state index is 0.370. The topological polar surface area (TPSA) is 90.6 Å². The van der Waals surface area contributed by atoms with E-state index >= 15 is 0 Å². The zero-order chi connectivity index (χ0) is 28.2. The molecule has 2 aromatic heterocycles. The number of imidazole rings is 1. The fourth-order valence-corrected chi connectivity index (χ4v) is 5.67. The summed E-state index contributed by atoms with van der Waals surface area (Å²) in [5.74, 6) is -0.00526. The highest BCUT2D eigenvalue weighted by atomic mass is 16.5. The molecule has 0 bridgehead atoms. The largest absolute Gasteiger partial charge is 0.494 e. The third kappa shape index (κ3) is 5.82. The van der Waals surface area contributed by atoms with E-state index in [0.29, 0.717) is 23.3 Å². The number of hydrogen-bond acceptors (Lipinski definition) is 6. The first-order valence-electron chi connectivity index (χ1n) is 14.3. The first-order chi connectivity index (χ1) is 20.1. The second kappa shape index (κ2) is 12.1. The quantitative estimate of drug-likeness (QED) is 0.224. The molecule has 2 aromatic carbocycles. The molecule has 2 aliphatic rings. The van der Waals surface area contributed by atoms with Crippen LogP contribution >= 0.6 is 0 Å². The number of aromatic nitrogens is 3. The predicted molar refractivity (Wildman–Crippen MR) is 157 cm³/mol. The first-order valence-corrected chi connectivity index (χ1v) is 14.3. The van der Waals surface area contributed by atoms with Gasteiger partial charge < -0.3 is 18.6 Å². The molecule has 9 heteroatoms. The normalized spacial score (nSPS) is 16.1. The Hall–Kier alpha value is -4.21. The predicted octanol–water partition coefficient (Wildman–Crippen LogP) is 3.90. The molecule has 0 radical (unpaired) electrons. The Morgan fingerprint density at radius 1 is 0.902 bits per heavy atom. The van der Waals surface area contributed by atoms with Crippen LogP contribution in [-0.4, -0.2) is 70.3 Å². The number of carbonyl (C=O) groups is 2. The molecule has 9 nitrogen and oxygen atoms in total. The lowest BCUT2D eigenvalue weighted by Crippen LogP contribution is -2.37. The van der Waals surface area contributed by atoms with Crippen molar-refractivity contribution in [2.24, 2.45) is 0 Å². The SMILES string of the molecule is Cc1cncn1CCCn1cc(C2=C(c3ccc(OCCCN4CCOCC4)cc3)C(=O)NC2=O)c2ccccc21. The monoisotopic (exact) mass is 553 g/mol. The molecule has 1 N–H and O–H groups in total. The molecule has 41 heavy (non-hydrogen) atoms. The molecular weight excluding hydrogens is 518 g/mol. The van der Waals surface area contributed by atoms with E-state index in [9.17, 15) is 9.59 Å². The van der Waals surface area contributed by atoms with Crippen LogP contribution in [-0.2, 0) is 27.4 Å². The van der Waals surface area contributed by atoms with Gasteiger partial charge in [-0.25, -0.2) is 4.98 Å². The summed E-state index contributed by atoms with van der Waals surface area (Å²) in [5, 5.41) is 3.48. The summed E-state index contributed by atoms with van der Waals surface area (Å²) >= 11 is 0. The zero-order valence-electron chi connectivity index (χ0n) is 23.3. The minimum Gasteiger partial charge on any atom is -0.494 e. The van der Waals surface area contributed by atoms with Crippen molar-refractivity contribution in [3.63, 3.8) is 0 Å². The van der Waals surface area contributed by atoms with Gasteiger partial charge >= 0.3 is 0 Å². The number of morpholine rings is 1. The molecule has 212 valence electrons. The van der Waals surface area contributed by atoms with E-state index < -0.39 is 0 Å². The van der Waals surface area contributed by atoms with Gasteiger partial charge in [-0.15, -0.1) is 0 Å². The Balaban J connectivity index is 1.21. The molecule has 1 fully saturated rings. The standard InChI is InChI=1S/C32H35N5O4/c1-23-20-33-22-37(23)14-4-13-36-21-27(26-6-2-3-7-28(26)36)30-29(31(38)34-32(30)39)24-8-10-25(11-9-24)41-17-5-12-35-15-18-40-19-16-35/h2-3,6-11,20-22H,4-5,12-19H2,1H3,(H,34,38,39). The summed E-state index contributed by atoms with van der Waals surface area (Å²) in [5.41, 5.74) is 4.42. The Morgan fingerprint density at radius 2 is 1.66 bits per heavy atom. The summed E-state index contributed by atoms with van der Waals surface area (Å²) < 4.78 is 15.7. The number of ether oxygens (including phenoxy) is 2. The lowest BCUT2D eigenvalue weighted by atomic mass is 9.96. The van der Waals surface area contributed by atoms with E-state index in [1.54, 1.807) is 0 Å². The average Bonchev–Trinajstić information content (AvgIpc) is 3.66. The number of hydrogen-bond donors (Lipinski definition) is 1. The highest BCUT2D eigenvalue weighted by Gasteiger charge is 2.33. The summed E-state index contributed by atoms with van der Waals surface area (Å²) in [6.45, 7) is 8.79. The molecule has 0 unspecified atom stereocenters. The number of aryl methyl sites for hydroxylation is 3. The van der Waals surface area contributed by atoms with Crippen molar-refractivity contribution in [3.05, 3.63) is 84.1 Å². The highest BCUT2D eigenvalue weighted by molar-refractivity contribution is 6.50. The van der Waals surface area contributed by atoms with Crippen molar-refractivity contribution >= 4 is 33.9 Å². The molecule has 6 rings (SSSR count). The van der Waals surface area contributed by atoms with Gasteiger partial charge in [-0.3, -0.25) is 19.8 Å². The van der Waals surface area contributed by atoms with E-state index in [2.05, 4.69) is 30.4 Å². The Morgan fingerprint density at radius 3 is 2.44 bits per heavy atom. The van der Waals surface area contributed by atoms with Crippen molar-refractivity contribution in [3.8, 4) is 5.75 Å². The van der Waals surface area contributed by atoms with E-state index in [-0.39, 0.29) is 11.8 Å². The van der Waals surface area contributed by atoms with E-state index in [1.165, 1.54) is 0 Å². The Labute approximate surface area is 239 Å². The lowest BCUT2D eigenvalue weighted by Gasteiger charge is -2.26. The van der Waals surface area contributed by atoms with Gasteiger partial charge in [0.25, 0.3) is 11.8 Å². The number of rotatable bonds is 11. The van der Waals surface area contributed by atoms with Crippen LogP contribution in [0.3, 0.4) is 0 Å². The van der Waals surface area contributed by atoms with Gasteiger partial charge in [0.05, 0.1) is 37.3 Å². The van der Waals surface area contributed by atoms with Crippen LogP contribution in [0.5, 0.6) is 5.75 Å². The number of nitrogens with zero attached hydrogens (tertiary/aromatic N) is 4. The maximum atomic E-state index is 13.2. The molecular formula is C32H35N5O4. The summed E-state index contributed by atoms with van der Waals surface area (Å²) in [6, 6.07) is 15.5. The molecule has 2 aliphatic heterocycles. The molecule has 4 aromatic rings. The molecule has 1 saturated heterocycles. The van der Waals surface area contributed by atoms with Crippen molar-refractivity contribution in [2.45, 2.75) is 32.9 Å². The second-order valence-corrected chi connectivity index (χ2v) is 10.5. The number of nitrogens with one attached hydrogen (secondary N) is 1. The Bertz CT molecular complexity index is 1580.